The highest BCUT2D eigenvalue weighted by molar-refractivity contribution is 7.14. The van der Waals surface area contributed by atoms with E-state index in [1.165, 1.54) is 17.4 Å². The van der Waals surface area contributed by atoms with E-state index in [4.69, 9.17) is 11.6 Å². The lowest BCUT2D eigenvalue weighted by Crippen LogP contribution is -2.43. The molecule has 2 aromatic carbocycles. The van der Waals surface area contributed by atoms with Crippen LogP contribution in [0.4, 0.5) is 10.1 Å². The van der Waals surface area contributed by atoms with E-state index in [-0.39, 0.29) is 35.9 Å². The highest BCUT2D eigenvalue weighted by atomic mass is 35.5. The molecule has 0 spiro atoms. The van der Waals surface area contributed by atoms with Crippen molar-refractivity contribution in [3.8, 4) is 10.6 Å². The summed E-state index contributed by atoms with van der Waals surface area (Å²) in [6, 6.07) is 13.6. The van der Waals surface area contributed by atoms with Crippen molar-refractivity contribution in [1.29, 1.82) is 0 Å². The average molecular weight is 485 g/mol. The molecule has 3 aromatic rings. The topological polar surface area (TPSA) is 66.4 Å². The Morgan fingerprint density at radius 1 is 1.09 bits per heavy atom. The second-order valence-corrected chi connectivity index (χ2v) is 9.88. The number of nitrogens with zero attached hydrogens (tertiary/aromatic N) is 4. The maximum atomic E-state index is 14.1. The number of likely N-dealkylation sites (tertiary alicyclic amines) is 1. The summed E-state index contributed by atoms with van der Waals surface area (Å²) in [6.07, 6.45) is 1.96. The molecule has 2 amide bonds. The molecule has 2 aliphatic rings. The molecule has 5 rings (SSSR count). The number of anilines is 1. The number of hydrogen-bond acceptors (Lipinski definition) is 5. The van der Waals surface area contributed by atoms with Gasteiger partial charge in [-0.1, -0.05) is 35.1 Å². The van der Waals surface area contributed by atoms with Crippen molar-refractivity contribution < 1.29 is 14.0 Å². The summed E-state index contributed by atoms with van der Waals surface area (Å²) >= 11 is 7.33. The molecular weight excluding hydrogens is 463 g/mol. The van der Waals surface area contributed by atoms with Gasteiger partial charge >= 0.3 is 0 Å². The number of piperidine rings is 1. The number of carbonyl (C=O) groups is 2. The summed E-state index contributed by atoms with van der Waals surface area (Å²) in [7, 11) is 0. The Morgan fingerprint density at radius 2 is 1.88 bits per heavy atom. The van der Waals surface area contributed by atoms with Crippen molar-refractivity contribution in [2.24, 2.45) is 5.92 Å². The molecule has 2 saturated heterocycles. The molecule has 2 atom stereocenters. The van der Waals surface area contributed by atoms with Crippen molar-refractivity contribution in [2.45, 2.75) is 25.2 Å². The molecule has 6 nitrogen and oxygen atoms in total. The standard InChI is InChI=1S/C24H22ClFN4O2S/c25-17-7-9-18(10-8-17)30-14-16(12-21(30)31)24(32)29-11-3-4-15(13-29)22-27-28-23(33-22)19-5-1-2-6-20(19)26/h1-2,5-10,15-16H,3-4,11-14H2. The molecule has 9 heteroatoms. The highest BCUT2D eigenvalue weighted by Gasteiger charge is 2.39. The quantitative estimate of drug-likeness (QED) is 0.535. The van der Waals surface area contributed by atoms with Crippen molar-refractivity contribution in [1.82, 2.24) is 15.1 Å². The van der Waals surface area contributed by atoms with Crippen LogP contribution in [-0.2, 0) is 9.59 Å². The molecule has 1 aromatic heterocycles. The Balaban J connectivity index is 1.26. The van der Waals surface area contributed by atoms with Crippen LogP contribution < -0.4 is 4.90 Å². The number of carbonyl (C=O) groups excluding carboxylic acids is 2. The van der Waals surface area contributed by atoms with Crippen molar-refractivity contribution in [3.05, 3.63) is 64.4 Å². The molecule has 2 unspecified atom stereocenters. The van der Waals surface area contributed by atoms with Gasteiger partial charge in [-0.05, 0) is 49.2 Å². The third-order valence-electron chi connectivity index (χ3n) is 6.24. The maximum Gasteiger partial charge on any atom is 0.228 e. The van der Waals surface area contributed by atoms with E-state index >= 15 is 0 Å². The zero-order valence-electron chi connectivity index (χ0n) is 17.8. The first-order valence-electron chi connectivity index (χ1n) is 10.9. The molecule has 33 heavy (non-hydrogen) atoms. The first kappa shape index (κ1) is 22.0. The summed E-state index contributed by atoms with van der Waals surface area (Å²) in [5, 5.41) is 10.5. The van der Waals surface area contributed by atoms with Gasteiger partial charge in [0.25, 0.3) is 0 Å². The number of aromatic nitrogens is 2. The molecule has 0 N–H and O–H groups in total. The summed E-state index contributed by atoms with van der Waals surface area (Å²) in [5.74, 6) is -0.677. The van der Waals surface area contributed by atoms with E-state index in [1.807, 2.05) is 4.90 Å². The second kappa shape index (κ2) is 9.19. The van der Waals surface area contributed by atoms with Crippen LogP contribution in [0.3, 0.4) is 0 Å². The fraction of sp³-hybridized carbons (Fsp3) is 0.333. The van der Waals surface area contributed by atoms with E-state index in [0.717, 1.165) is 23.5 Å². The Labute approximate surface area is 200 Å². The predicted molar refractivity (Wildman–Crippen MR) is 126 cm³/mol. The molecule has 2 fully saturated rings. The monoisotopic (exact) mass is 484 g/mol. The van der Waals surface area contributed by atoms with Gasteiger partial charge in [-0.15, -0.1) is 10.2 Å². The van der Waals surface area contributed by atoms with E-state index < -0.39 is 0 Å². The van der Waals surface area contributed by atoms with E-state index in [0.29, 0.717) is 35.2 Å². The highest BCUT2D eigenvalue weighted by Crippen LogP contribution is 2.35. The summed E-state index contributed by atoms with van der Waals surface area (Å²) in [4.78, 5) is 29.4. The van der Waals surface area contributed by atoms with Gasteiger partial charge in [0, 0.05) is 48.2 Å². The minimum absolute atomic E-state index is 0.00311. The molecule has 0 aliphatic carbocycles. The molecule has 3 heterocycles. The fourth-order valence-corrected chi connectivity index (χ4v) is 5.65. The number of hydrogen-bond donors (Lipinski definition) is 0. The van der Waals surface area contributed by atoms with E-state index in [2.05, 4.69) is 10.2 Å². The third-order valence-corrected chi connectivity index (χ3v) is 7.61. The van der Waals surface area contributed by atoms with Crippen LogP contribution in [0.1, 0.15) is 30.2 Å². The molecule has 0 bridgehead atoms. The molecular formula is C24H22ClFN4O2S. The Kier molecular flexibility index (Phi) is 6.12. The second-order valence-electron chi connectivity index (χ2n) is 8.43. The van der Waals surface area contributed by atoms with Gasteiger partial charge in [0.15, 0.2) is 5.01 Å². The molecule has 2 aliphatic heterocycles. The first-order valence-corrected chi connectivity index (χ1v) is 12.1. The Bertz CT molecular complexity index is 1190. The van der Waals surface area contributed by atoms with Crippen LogP contribution in [-0.4, -0.2) is 46.5 Å². The number of amides is 2. The van der Waals surface area contributed by atoms with Crippen molar-refractivity contribution >= 4 is 40.4 Å². The SMILES string of the molecule is O=C(C1CC(=O)N(c2ccc(Cl)cc2)C1)N1CCCC(c2nnc(-c3ccccc3F)s2)C1. The van der Waals surface area contributed by atoms with Crippen LogP contribution in [0, 0.1) is 11.7 Å². The molecule has 170 valence electrons. The molecule has 0 radical (unpaired) electrons. The fourth-order valence-electron chi connectivity index (χ4n) is 4.52. The van der Waals surface area contributed by atoms with Gasteiger partial charge in [0.2, 0.25) is 11.8 Å². The average Bonchev–Trinajstić information content (AvgIpc) is 3.47. The van der Waals surface area contributed by atoms with E-state index in [9.17, 15) is 14.0 Å². The lowest BCUT2D eigenvalue weighted by Gasteiger charge is -2.33. The zero-order valence-corrected chi connectivity index (χ0v) is 19.4. The predicted octanol–water partition coefficient (Wildman–Crippen LogP) is 4.76. The van der Waals surface area contributed by atoms with Crippen molar-refractivity contribution in [2.75, 3.05) is 24.5 Å². The lowest BCUT2D eigenvalue weighted by molar-refractivity contribution is -0.137. The number of benzene rings is 2. The Morgan fingerprint density at radius 3 is 2.67 bits per heavy atom. The molecule has 0 saturated carbocycles. The van der Waals surface area contributed by atoms with Crippen LogP contribution in [0.25, 0.3) is 10.6 Å². The van der Waals surface area contributed by atoms with Gasteiger partial charge < -0.3 is 9.80 Å². The van der Waals surface area contributed by atoms with Crippen LogP contribution in [0.2, 0.25) is 5.02 Å². The summed E-state index contributed by atoms with van der Waals surface area (Å²) in [5.41, 5.74) is 1.20. The third kappa shape index (κ3) is 4.50. The minimum Gasteiger partial charge on any atom is -0.342 e. The van der Waals surface area contributed by atoms with E-state index in [1.54, 1.807) is 47.4 Å². The van der Waals surface area contributed by atoms with Gasteiger partial charge in [-0.3, -0.25) is 9.59 Å². The van der Waals surface area contributed by atoms with Gasteiger partial charge in [0.05, 0.1) is 5.92 Å². The van der Waals surface area contributed by atoms with Gasteiger partial charge in [0.1, 0.15) is 10.8 Å². The van der Waals surface area contributed by atoms with Crippen LogP contribution >= 0.6 is 22.9 Å². The number of rotatable bonds is 4. The smallest absolute Gasteiger partial charge is 0.228 e. The van der Waals surface area contributed by atoms with Crippen LogP contribution in [0.5, 0.6) is 0 Å². The maximum absolute atomic E-state index is 14.1. The zero-order chi connectivity index (χ0) is 22.9. The first-order chi connectivity index (χ1) is 16.0. The largest absolute Gasteiger partial charge is 0.342 e. The lowest BCUT2D eigenvalue weighted by atomic mass is 9.97. The van der Waals surface area contributed by atoms with Gasteiger partial charge in [-0.25, -0.2) is 4.39 Å². The Hall–Kier alpha value is -2.84. The number of halogens is 2. The summed E-state index contributed by atoms with van der Waals surface area (Å²) < 4.78 is 14.1. The van der Waals surface area contributed by atoms with Gasteiger partial charge in [-0.2, -0.15) is 0 Å². The minimum atomic E-state index is -0.365. The summed E-state index contributed by atoms with van der Waals surface area (Å²) in [6.45, 7) is 1.58. The normalized spacial score (nSPS) is 21.0. The van der Waals surface area contributed by atoms with Crippen molar-refractivity contribution in [3.63, 3.8) is 0 Å². The van der Waals surface area contributed by atoms with Crippen LogP contribution in [0.15, 0.2) is 48.5 Å².